The summed E-state index contributed by atoms with van der Waals surface area (Å²) in [5, 5.41) is 5.94. The van der Waals surface area contributed by atoms with E-state index in [1.807, 2.05) is 18.2 Å². The van der Waals surface area contributed by atoms with Crippen LogP contribution in [0.25, 0.3) is 99.6 Å². The Hall–Kier alpha value is -7.16. The molecule has 0 N–H and O–H groups in total. The maximum Gasteiger partial charge on any atom is 0.160 e. The van der Waals surface area contributed by atoms with Gasteiger partial charge in [-0.1, -0.05) is 188 Å². The van der Waals surface area contributed by atoms with Gasteiger partial charge in [-0.2, -0.15) is 0 Å². The van der Waals surface area contributed by atoms with Gasteiger partial charge in [0.2, 0.25) is 0 Å². The molecule has 1 heterocycles. The molecule has 10 aromatic rings. The number of hydrogen-bond donors (Lipinski definition) is 0. The molecule has 2 nitrogen and oxygen atoms in total. The summed E-state index contributed by atoms with van der Waals surface area (Å²) in [6, 6.07) is 73.5. The van der Waals surface area contributed by atoms with Gasteiger partial charge in [0.25, 0.3) is 0 Å². The van der Waals surface area contributed by atoms with Crippen LogP contribution in [-0.2, 0) is 0 Å². The van der Waals surface area contributed by atoms with Gasteiger partial charge < -0.3 is 0 Å². The van der Waals surface area contributed by atoms with Crippen molar-refractivity contribution in [3.8, 4) is 67.2 Å². The molecule has 0 saturated heterocycles. The second kappa shape index (κ2) is 13.4. The van der Waals surface area contributed by atoms with E-state index in [4.69, 9.17) is 9.97 Å². The van der Waals surface area contributed by atoms with E-state index in [0.717, 1.165) is 44.5 Å². The third-order valence-corrected chi connectivity index (χ3v) is 10.5. The molecule has 0 spiro atoms. The third kappa shape index (κ3) is 5.81. The molecular weight excluding hydrogens is 653 g/mol. The fraction of sp³-hybridized carbons (Fsp3) is 0. The lowest BCUT2D eigenvalue weighted by molar-refractivity contribution is 1.23. The van der Waals surface area contributed by atoms with Crippen LogP contribution in [0.5, 0.6) is 0 Å². The van der Waals surface area contributed by atoms with Crippen LogP contribution in [0.4, 0.5) is 0 Å². The summed E-state index contributed by atoms with van der Waals surface area (Å²) in [7, 11) is 0. The van der Waals surface area contributed by atoms with Gasteiger partial charge in [0, 0.05) is 16.5 Å². The lowest BCUT2D eigenvalue weighted by Gasteiger charge is -2.13. The average Bonchev–Trinajstić information content (AvgIpc) is 3.26. The van der Waals surface area contributed by atoms with E-state index in [1.54, 1.807) is 0 Å². The third-order valence-electron chi connectivity index (χ3n) is 10.5. The zero-order valence-electron chi connectivity index (χ0n) is 29.5. The minimum Gasteiger partial charge on any atom is -0.228 e. The van der Waals surface area contributed by atoms with Crippen LogP contribution in [0.15, 0.2) is 206 Å². The molecule has 0 bridgehead atoms. The van der Waals surface area contributed by atoms with Crippen molar-refractivity contribution >= 4 is 32.4 Å². The maximum absolute atomic E-state index is 5.19. The summed E-state index contributed by atoms with van der Waals surface area (Å²) in [5.74, 6) is 0.731. The van der Waals surface area contributed by atoms with Gasteiger partial charge >= 0.3 is 0 Å². The zero-order valence-corrected chi connectivity index (χ0v) is 29.5. The molecule has 2 heteroatoms. The zero-order chi connectivity index (χ0) is 35.8. The largest absolute Gasteiger partial charge is 0.228 e. The molecule has 0 saturated carbocycles. The number of nitrogens with zero attached hydrogens (tertiary/aromatic N) is 2. The Morgan fingerprint density at radius 2 is 0.759 bits per heavy atom. The monoisotopic (exact) mass is 686 g/mol. The molecule has 252 valence electrons. The smallest absolute Gasteiger partial charge is 0.160 e. The average molecular weight is 687 g/mol. The molecule has 0 amide bonds. The molecule has 10 rings (SSSR count). The van der Waals surface area contributed by atoms with Gasteiger partial charge in [-0.15, -0.1) is 0 Å². The molecule has 0 fully saturated rings. The van der Waals surface area contributed by atoms with Crippen LogP contribution in [0.3, 0.4) is 0 Å². The van der Waals surface area contributed by atoms with E-state index in [2.05, 4.69) is 188 Å². The van der Waals surface area contributed by atoms with E-state index in [1.165, 1.54) is 55.1 Å². The molecule has 0 aliphatic carbocycles. The number of fused-ring (bicyclic) bond motifs is 4. The molecule has 0 aliphatic rings. The Balaban J connectivity index is 0.958. The van der Waals surface area contributed by atoms with Gasteiger partial charge in [-0.3, -0.25) is 0 Å². The Morgan fingerprint density at radius 1 is 0.278 bits per heavy atom. The van der Waals surface area contributed by atoms with Gasteiger partial charge in [0.05, 0.1) is 11.2 Å². The second-order valence-corrected chi connectivity index (χ2v) is 13.8. The Kier molecular flexibility index (Phi) is 7.85. The Bertz CT molecular complexity index is 2960. The first kappa shape index (κ1) is 31.6. The summed E-state index contributed by atoms with van der Waals surface area (Å²) in [5.41, 5.74) is 13.6. The van der Waals surface area contributed by atoms with Crippen LogP contribution < -0.4 is 0 Å². The fourth-order valence-corrected chi connectivity index (χ4v) is 7.73. The quantitative estimate of drug-likeness (QED) is 0.163. The molecule has 0 atom stereocenters. The minimum atomic E-state index is 0.731. The molecular formula is C52H34N2. The number of hydrogen-bond acceptors (Lipinski definition) is 2. The predicted molar refractivity (Wildman–Crippen MR) is 227 cm³/mol. The lowest BCUT2D eigenvalue weighted by atomic mass is 9.93. The molecule has 9 aromatic carbocycles. The van der Waals surface area contributed by atoms with Gasteiger partial charge in [0.1, 0.15) is 0 Å². The molecule has 54 heavy (non-hydrogen) atoms. The highest BCUT2D eigenvalue weighted by Crippen LogP contribution is 2.37. The molecule has 0 radical (unpaired) electrons. The molecule has 0 aliphatic heterocycles. The van der Waals surface area contributed by atoms with Crippen LogP contribution in [-0.4, -0.2) is 9.97 Å². The van der Waals surface area contributed by atoms with E-state index in [-0.39, 0.29) is 0 Å². The number of benzene rings is 9. The molecule has 1 aromatic heterocycles. The van der Waals surface area contributed by atoms with Crippen molar-refractivity contribution in [2.75, 3.05) is 0 Å². The van der Waals surface area contributed by atoms with Gasteiger partial charge in [0.15, 0.2) is 5.82 Å². The topological polar surface area (TPSA) is 25.8 Å². The van der Waals surface area contributed by atoms with E-state index < -0.39 is 0 Å². The highest BCUT2D eigenvalue weighted by Gasteiger charge is 2.15. The maximum atomic E-state index is 5.19. The molecule has 0 unspecified atom stereocenters. The normalized spacial score (nSPS) is 11.3. The predicted octanol–water partition coefficient (Wildman–Crippen LogP) is 13.9. The fourth-order valence-electron chi connectivity index (χ4n) is 7.73. The van der Waals surface area contributed by atoms with E-state index >= 15 is 0 Å². The first-order valence-corrected chi connectivity index (χ1v) is 18.4. The van der Waals surface area contributed by atoms with E-state index in [9.17, 15) is 0 Å². The lowest BCUT2D eigenvalue weighted by Crippen LogP contribution is -1.96. The summed E-state index contributed by atoms with van der Waals surface area (Å²) in [4.78, 5) is 10.2. The van der Waals surface area contributed by atoms with Crippen molar-refractivity contribution in [2.24, 2.45) is 0 Å². The van der Waals surface area contributed by atoms with Crippen molar-refractivity contribution in [3.05, 3.63) is 206 Å². The summed E-state index contributed by atoms with van der Waals surface area (Å²) >= 11 is 0. The van der Waals surface area contributed by atoms with Crippen LogP contribution in [0.2, 0.25) is 0 Å². The van der Waals surface area contributed by atoms with Crippen LogP contribution in [0, 0.1) is 0 Å². The van der Waals surface area contributed by atoms with Crippen molar-refractivity contribution in [1.29, 1.82) is 0 Å². The Labute approximate surface area is 314 Å². The summed E-state index contributed by atoms with van der Waals surface area (Å²) in [6.07, 6.45) is 0. The van der Waals surface area contributed by atoms with Gasteiger partial charge in [-0.25, -0.2) is 9.97 Å². The van der Waals surface area contributed by atoms with Crippen LogP contribution >= 0.6 is 0 Å². The standard InChI is InChI=1S/C52H34N2/c1-2-13-41(14-3-1)52-53-49-32-31-39-12-5-7-21-48(39)50(49)51(54-52)40-29-27-36(28-30-40)35-23-25-37(26-24-35)42-16-8-17-43(33-42)44-18-9-19-45(34-44)47-22-10-15-38-11-4-6-20-46(38)47/h1-34H. The van der Waals surface area contributed by atoms with Crippen molar-refractivity contribution in [3.63, 3.8) is 0 Å². The van der Waals surface area contributed by atoms with Crippen molar-refractivity contribution in [2.45, 2.75) is 0 Å². The van der Waals surface area contributed by atoms with Crippen molar-refractivity contribution < 1.29 is 0 Å². The van der Waals surface area contributed by atoms with E-state index in [0.29, 0.717) is 0 Å². The van der Waals surface area contributed by atoms with Crippen molar-refractivity contribution in [1.82, 2.24) is 9.97 Å². The number of rotatable bonds is 6. The van der Waals surface area contributed by atoms with Gasteiger partial charge in [-0.05, 0) is 84.3 Å². The first-order chi connectivity index (χ1) is 26.7. The Morgan fingerprint density at radius 3 is 1.46 bits per heavy atom. The van der Waals surface area contributed by atoms with Crippen LogP contribution in [0.1, 0.15) is 0 Å². The second-order valence-electron chi connectivity index (χ2n) is 13.8. The summed E-state index contributed by atoms with van der Waals surface area (Å²) in [6.45, 7) is 0. The minimum absolute atomic E-state index is 0.731. The summed E-state index contributed by atoms with van der Waals surface area (Å²) < 4.78 is 0. The highest BCUT2D eigenvalue weighted by molar-refractivity contribution is 6.12. The SMILES string of the molecule is c1ccc(-c2nc(-c3ccc(-c4ccc(-c5cccc(-c6cccc(-c7cccc8ccccc78)c6)c5)cc4)cc3)c3c(ccc4ccccc43)n2)cc1. The highest BCUT2D eigenvalue weighted by atomic mass is 14.9. The number of aromatic nitrogens is 2. The first-order valence-electron chi connectivity index (χ1n) is 18.4.